The molecule has 6 nitrogen and oxygen atoms in total. The summed E-state index contributed by atoms with van der Waals surface area (Å²) in [5.74, 6) is 0.627. The van der Waals surface area contributed by atoms with Crippen molar-refractivity contribution in [1.82, 2.24) is 0 Å². The average Bonchev–Trinajstić information content (AvgIpc) is 3.07. The summed E-state index contributed by atoms with van der Waals surface area (Å²) in [5, 5.41) is 0. The zero-order valence-corrected chi connectivity index (χ0v) is 15.9. The highest BCUT2D eigenvalue weighted by Crippen LogP contribution is 2.30. The van der Waals surface area contributed by atoms with Crippen molar-refractivity contribution >= 4 is 17.9 Å². The molecule has 0 atom stereocenters. The number of cyclic esters (lactones) is 1. The van der Waals surface area contributed by atoms with Crippen LogP contribution in [0.15, 0.2) is 53.2 Å². The van der Waals surface area contributed by atoms with Crippen LogP contribution < -0.4 is 14.2 Å². The number of hydrogen-bond acceptors (Lipinski definition) is 6. The van der Waals surface area contributed by atoms with E-state index in [2.05, 4.69) is 9.73 Å². The molecule has 2 aromatic rings. The number of carbonyl (C=O) groups excluding carboxylic acids is 1. The van der Waals surface area contributed by atoms with Crippen LogP contribution in [-0.2, 0) is 9.53 Å². The molecule has 1 aliphatic rings. The lowest BCUT2D eigenvalue weighted by molar-refractivity contribution is -0.129. The summed E-state index contributed by atoms with van der Waals surface area (Å²) in [6.45, 7) is -0.381. The van der Waals surface area contributed by atoms with Crippen molar-refractivity contribution in [3.63, 3.8) is 0 Å². The summed E-state index contributed by atoms with van der Waals surface area (Å²) < 4.78 is 44.9. The van der Waals surface area contributed by atoms with E-state index in [-0.39, 0.29) is 17.3 Å². The Bertz CT molecular complexity index is 939. The molecule has 0 aromatic heterocycles. The lowest BCUT2D eigenvalue weighted by atomic mass is 10.1. The van der Waals surface area contributed by atoms with Gasteiger partial charge < -0.3 is 18.9 Å². The molecule has 1 aliphatic heterocycles. The molecule has 0 N–H and O–H groups in total. The first kappa shape index (κ1) is 20.3. The molecule has 2 aromatic carbocycles. The molecular formula is C21H19F2NO5. The zero-order valence-electron chi connectivity index (χ0n) is 15.9. The van der Waals surface area contributed by atoms with Gasteiger partial charge in [-0.2, -0.15) is 8.78 Å². The van der Waals surface area contributed by atoms with Crippen molar-refractivity contribution < 1.29 is 32.5 Å². The Morgan fingerprint density at radius 2 is 1.90 bits per heavy atom. The van der Waals surface area contributed by atoms with Crippen molar-refractivity contribution in [2.75, 3.05) is 13.7 Å². The molecule has 0 saturated carbocycles. The van der Waals surface area contributed by atoms with E-state index in [9.17, 15) is 13.6 Å². The van der Waals surface area contributed by atoms with E-state index in [1.807, 2.05) is 6.92 Å². The number of ether oxygens (including phenoxy) is 4. The maximum atomic E-state index is 12.2. The fourth-order valence-electron chi connectivity index (χ4n) is 2.58. The second kappa shape index (κ2) is 9.18. The number of methoxy groups -OCH3 is 1. The lowest BCUT2D eigenvalue weighted by Gasteiger charge is -2.10. The van der Waals surface area contributed by atoms with Crippen LogP contribution in [0.3, 0.4) is 0 Å². The summed E-state index contributed by atoms with van der Waals surface area (Å²) in [4.78, 5) is 16.4. The van der Waals surface area contributed by atoms with E-state index < -0.39 is 12.6 Å². The lowest BCUT2D eigenvalue weighted by Crippen LogP contribution is -2.06. The number of nitrogens with zero attached hydrogens (tertiary/aromatic N) is 1. The Morgan fingerprint density at radius 3 is 2.55 bits per heavy atom. The second-order valence-corrected chi connectivity index (χ2v) is 6.00. The first-order valence-electron chi connectivity index (χ1n) is 8.88. The second-order valence-electron chi connectivity index (χ2n) is 6.00. The molecule has 0 radical (unpaired) electrons. The predicted octanol–water partition coefficient (Wildman–Crippen LogP) is 4.43. The topological polar surface area (TPSA) is 66.3 Å². The molecule has 152 valence electrons. The van der Waals surface area contributed by atoms with E-state index in [1.165, 1.54) is 24.3 Å². The van der Waals surface area contributed by atoms with Crippen molar-refractivity contribution in [2.24, 2.45) is 4.99 Å². The van der Waals surface area contributed by atoms with Crippen LogP contribution in [0.4, 0.5) is 8.78 Å². The van der Waals surface area contributed by atoms with Gasteiger partial charge in [0.25, 0.3) is 0 Å². The van der Waals surface area contributed by atoms with Crippen LogP contribution in [0.25, 0.3) is 6.08 Å². The van der Waals surface area contributed by atoms with Gasteiger partial charge >= 0.3 is 12.6 Å². The van der Waals surface area contributed by atoms with Gasteiger partial charge in [0.1, 0.15) is 5.75 Å². The van der Waals surface area contributed by atoms with Crippen LogP contribution in [0, 0.1) is 0 Å². The summed E-state index contributed by atoms with van der Waals surface area (Å²) in [6.07, 6.45) is 2.41. The van der Waals surface area contributed by atoms with Gasteiger partial charge in [-0.3, -0.25) is 0 Å². The Labute approximate surface area is 166 Å². The number of halogens is 2. The SMILES string of the molecule is CCCOc1cc(/C=C2\N=C(c3ccc(OC(F)F)cc3)OC2=O)ccc1OC. The minimum absolute atomic E-state index is 0.00211. The smallest absolute Gasteiger partial charge is 0.387 e. The minimum Gasteiger partial charge on any atom is -0.493 e. The third kappa shape index (κ3) is 5.10. The number of aliphatic imine (C=N–C) groups is 1. The van der Waals surface area contributed by atoms with Gasteiger partial charge in [-0.15, -0.1) is 0 Å². The van der Waals surface area contributed by atoms with Crippen LogP contribution in [0.2, 0.25) is 0 Å². The van der Waals surface area contributed by atoms with Gasteiger partial charge in [-0.1, -0.05) is 13.0 Å². The summed E-state index contributed by atoms with van der Waals surface area (Å²) in [7, 11) is 1.55. The molecule has 0 saturated heterocycles. The van der Waals surface area contributed by atoms with Crippen molar-refractivity contribution in [3.8, 4) is 17.2 Å². The molecule has 0 spiro atoms. The Morgan fingerprint density at radius 1 is 1.14 bits per heavy atom. The third-order valence-corrected chi connectivity index (χ3v) is 3.90. The summed E-state index contributed by atoms with van der Waals surface area (Å²) in [6, 6.07) is 10.9. The number of benzene rings is 2. The number of rotatable bonds is 8. The minimum atomic E-state index is -2.91. The highest BCUT2D eigenvalue weighted by atomic mass is 19.3. The van der Waals surface area contributed by atoms with Gasteiger partial charge in [0.15, 0.2) is 17.2 Å². The summed E-state index contributed by atoms with van der Waals surface area (Å²) in [5.41, 5.74) is 1.26. The molecule has 0 bridgehead atoms. The zero-order chi connectivity index (χ0) is 20.8. The summed E-state index contributed by atoms with van der Waals surface area (Å²) >= 11 is 0. The molecule has 1 heterocycles. The average molecular weight is 403 g/mol. The number of esters is 1. The van der Waals surface area contributed by atoms with Gasteiger partial charge in [0, 0.05) is 5.56 Å². The fraction of sp³-hybridized carbons (Fsp3) is 0.238. The van der Waals surface area contributed by atoms with E-state index in [1.54, 1.807) is 31.4 Å². The largest absolute Gasteiger partial charge is 0.493 e. The Balaban J connectivity index is 1.83. The molecule has 8 heteroatoms. The molecule has 3 rings (SSSR count). The van der Waals surface area contributed by atoms with Gasteiger partial charge in [-0.25, -0.2) is 9.79 Å². The van der Waals surface area contributed by atoms with E-state index in [0.717, 1.165) is 6.42 Å². The molecule has 0 amide bonds. The molecule has 0 fully saturated rings. The quantitative estimate of drug-likeness (QED) is 0.482. The van der Waals surface area contributed by atoms with Gasteiger partial charge in [0.05, 0.1) is 13.7 Å². The van der Waals surface area contributed by atoms with Crippen LogP contribution >= 0.6 is 0 Å². The number of hydrogen-bond donors (Lipinski definition) is 0. The van der Waals surface area contributed by atoms with Crippen molar-refractivity contribution in [3.05, 3.63) is 59.3 Å². The van der Waals surface area contributed by atoms with Crippen LogP contribution in [0.1, 0.15) is 24.5 Å². The van der Waals surface area contributed by atoms with Gasteiger partial charge in [0.2, 0.25) is 5.90 Å². The first-order valence-corrected chi connectivity index (χ1v) is 8.88. The van der Waals surface area contributed by atoms with E-state index in [0.29, 0.717) is 29.2 Å². The van der Waals surface area contributed by atoms with E-state index >= 15 is 0 Å². The first-order chi connectivity index (χ1) is 14.0. The molecular weight excluding hydrogens is 384 g/mol. The maximum absolute atomic E-state index is 12.2. The molecule has 29 heavy (non-hydrogen) atoms. The monoisotopic (exact) mass is 403 g/mol. The predicted molar refractivity (Wildman–Crippen MR) is 102 cm³/mol. The van der Waals surface area contributed by atoms with E-state index in [4.69, 9.17) is 14.2 Å². The number of alkyl halides is 2. The molecule has 0 aliphatic carbocycles. The van der Waals surface area contributed by atoms with Crippen molar-refractivity contribution in [1.29, 1.82) is 0 Å². The number of carbonyl (C=O) groups is 1. The highest BCUT2D eigenvalue weighted by molar-refractivity contribution is 6.12. The molecule has 0 unspecified atom stereocenters. The third-order valence-electron chi connectivity index (χ3n) is 3.90. The van der Waals surface area contributed by atoms with Crippen LogP contribution in [-0.4, -0.2) is 32.2 Å². The van der Waals surface area contributed by atoms with Gasteiger partial charge in [-0.05, 0) is 54.5 Å². The fourth-order valence-corrected chi connectivity index (χ4v) is 2.58. The highest BCUT2D eigenvalue weighted by Gasteiger charge is 2.24. The Hall–Kier alpha value is -3.42. The maximum Gasteiger partial charge on any atom is 0.387 e. The normalized spacial score (nSPS) is 14.7. The van der Waals surface area contributed by atoms with Crippen LogP contribution in [0.5, 0.6) is 17.2 Å². The van der Waals surface area contributed by atoms with Crippen molar-refractivity contribution in [2.45, 2.75) is 20.0 Å². The standard InChI is InChI=1S/C21H19F2NO5/c1-3-10-27-18-12-13(4-9-17(18)26-2)11-16-20(25)29-19(24-16)14-5-7-15(8-6-14)28-21(22)23/h4-9,11-12,21H,3,10H2,1-2H3/b16-11-. The Kier molecular flexibility index (Phi) is 6.43.